The minimum absolute atomic E-state index is 0.0730. The summed E-state index contributed by atoms with van der Waals surface area (Å²) in [7, 11) is 0. The average Bonchev–Trinajstić information content (AvgIpc) is 2.55. The Bertz CT molecular complexity index is 410. The van der Waals surface area contributed by atoms with E-state index in [0.29, 0.717) is 18.0 Å². The lowest BCUT2D eigenvalue weighted by atomic mass is 10.3. The Morgan fingerprint density at radius 1 is 1.53 bits per heavy atom. The first-order valence-corrected chi connectivity index (χ1v) is 6.50. The third-order valence-corrected chi connectivity index (χ3v) is 3.39. The van der Waals surface area contributed by atoms with Crippen LogP contribution in [0.1, 0.15) is 6.42 Å². The van der Waals surface area contributed by atoms with Crippen LogP contribution in [-0.2, 0) is 9.59 Å². The van der Waals surface area contributed by atoms with E-state index in [1.165, 1.54) is 0 Å². The van der Waals surface area contributed by atoms with Crippen molar-refractivity contribution in [3.8, 4) is 0 Å². The molecule has 1 fully saturated rings. The summed E-state index contributed by atoms with van der Waals surface area (Å²) in [6.45, 7) is 0. The second kappa shape index (κ2) is 5.67. The van der Waals surface area contributed by atoms with Crippen LogP contribution in [0.15, 0.2) is 24.4 Å². The Hall–Kier alpha value is -1.56. The highest BCUT2D eigenvalue weighted by atomic mass is 32.2. The number of nitrogens with one attached hydrogen (secondary N) is 2. The van der Waals surface area contributed by atoms with E-state index in [0.717, 1.165) is 5.75 Å². The molecule has 1 unspecified atom stereocenters. The molecule has 0 bridgehead atoms. The lowest BCUT2D eigenvalue weighted by Crippen LogP contribution is -2.44. The average molecular weight is 251 g/mol. The molecule has 1 aromatic rings. The third-order valence-electron chi connectivity index (χ3n) is 2.33. The molecule has 0 radical (unpaired) electrons. The monoisotopic (exact) mass is 251 g/mol. The van der Waals surface area contributed by atoms with Crippen molar-refractivity contribution in [3.63, 3.8) is 0 Å². The molecule has 17 heavy (non-hydrogen) atoms. The highest BCUT2D eigenvalue weighted by Crippen LogP contribution is 2.11. The van der Waals surface area contributed by atoms with Gasteiger partial charge in [-0.05, 0) is 12.1 Å². The van der Waals surface area contributed by atoms with Crippen LogP contribution in [0.25, 0.3) is 0 Å². The van der Waals surface area contributed by atoms with Crippen molar-refractivity contribution in [1.29, 1.82) is 0 Å². The number of hydrogen-bond donors (Lipinski definition) is 2. The number of carbonyl (C=O) groups is 2. The molecule has 0 spiro atoms. The normalized spacial score (nSPS) is 20.2. The summed E-state index contributed by atoms with van der Waals surface area (Å²) in [5, 5.41) is 5.38. The molecule has 1 saturated heterocycles. The van der Waals surface area contributed by atoms with Crippen LogP contribution in [0.4, 0.5) is 5.82 Å². The van der Waals surface area contributed by atoms with E-state index in [1.807, 2.05) is 0 Å². The predicted molar refractivity (Wildman–Crippen MR) is 66.7 cm³/mol. The van der Waals surface area contributed by atoms with Crippen molar-refractivity contribution in [2.24, 2.45) is 0 Å². The van der Waals surface area contributed by atoms with Gasteiger partial charge < -0.3 is 10.6 Å². The largest absolute Gasteiger partial charge is 0.343 e. The molecular formula is C11H13N3O2S. The second-order valence-corrected chi connectivity index (χ2v) is 4.80. The molecular weight excluding hydrogens is 238 g/mol. The van der Waals surface area contributed by atoms with Crippen molar-refractivity contribution < 1.29 is 9.59 Å². The number of amides is 2. The summed E-state index contributed by atoms with van der Waals surface area (Å²) in [6, 6.07) is 4.81. The zero-order valence-electron chi connectivity index (χ0n) is 9.18. The first-order chi connectivity index (χ1) is 8.25. The fraction of sp³-hybridized carbons (Fsp3) is 0.364. The number of thioether (sulfide) groups is 1. The van der Waals surface area contributed by atoms with Gasteiger partial charge in [0.25, 0.3) is 0 Å². The Morgan fingerprint density at radius 2 is 2.41 bits per heavy atom. The van der Waals surface area contributed by atoms with Crippen LogP contribution in [0.3, 0.4) is 0 Å². The number of aromatic nitrogens is 1. The summed E-state index contributed by atoms with van der Waals surface area (Å²) in [4.78, 5) is 27.2. The standard InChI is InChI=1S/C11H13N3O2S/c15-10-4-6-17-7-8(13-10)11(16)14-9-3-1-2-5-12-9/h1-3,5,8H,4,6-7H2,(H,13,15)(H,12,14,16). The highest BCUT2D eigenvalue weighted by molar-refractivity contribution is 7.99. The van der Waals surface area contributed by atoms with Gasteiger partial charge in [0.1, 0.15) is 11.9 Å². The van der Waals surface area contributed by atoms with Crippen molar-refractivity contribution in [2.75, 3.05) is 16.8 Å². The van der Waals surface area contributed by atoms with E-state index in [-0.39, 0.29) is 11.8 Å². The summed E-state index contributed by atoms with van der Waals surface area (Å²) in [6.07, 6.45) is 2.08. The van der Waals surface area contributed by atoms with Gasteiger partial charge in [0.15, 0.2) is 0 Å². The number of nitrogens with zero attached hydrogens (tertiary/aromatic N) is 1. The summed E-state index contributed by atoms with van der Waals surface area (Å²) >= 11 is 1.60. The third kappa shape index (κ3) is 3.45. The highest BCUT2D eigenvalue weighted by Gasteiger charge is 2.23. The van der Waals surface area contributed by atoms with Crippen molar-refractivity contribution in [3.05, 3.63) is 24.4 Å². The Balaban J connectivity index is 1.97. The molecule has 1 aromatic heterocycles. The van der Waals surface area contributed by atoms with Gasteiger partial charge in [-0.15, -0.1) is 0 Å². The Kier molecular flexibility index (Phi) is 3.98. The van der Waals surface area contributed by atoms with Crippen molar-refractivity contribution in [1.82, 2.24) is 10.3 Å². The minimum Gasteiger partial charge on any atom is -0.343 e. The molecule has 2 amide bonds. The fourth-order valence-electron chi connectivity index (χ4n) is 1.47. The smallest absolute Gasteiger partial charge is 0.248 e. The maximum atomic E-state index is 11.9. The quantitative estimate of drug-likeness (QED) is 0.809. The Labute approximate surface area is 103 Å². The molecule has 0 aliphatic carbocycles. The SMILES string of the molecule is O=C1CCSCC(C(=O)Nc2ccccn2)N1. The van der Waals surface area contributed by atoms with Gasteiger partial charge in [-0.3, -0.25) is 9.59 Å². The topological polar surface area (TPSA) is 71.1 Å². The summed E-state index contributed by atoms with van der Waals surface area (Å²) in [5.41, 5.74) is 0. The second-order valence-electron chi connectivity index (χ2n) is 3.65. The van der Waals surface area contributed by atoms with Gasteiger partial charge in [0, 0.05) is 24.1 Å². The first kappa shape index (κ1) is 11.9. The van der Waals surface area contributed by atoms with E-state index >= 15 is 0 Å². The fourth-order valence-corrected chi connectivity index (χ4v) is 2.43. The first-order valence-electron chi connectivity index (χ1n) is 5.35. The van der Waals surface area contributed by atoms with E-state index in [9.17, 15) is 9.59 Å². The van der Waals surface area contributed by atoms with Gasteiger partial charge in [-0.2, -0.15) is 11.8 Å². The van der Waals surface area contributed by atoms with Gasteiger partial charge >= 0.3 is 0 Å². The van der Waals surface area contributed by atoms with Gasteiger partial charge in [0.2, 0.25) is 11.8 Å². The van der Waals surface area contributed by atoms with Crippen molar-refractivity contribution in [2.45, 2.75) is 12.5 Å². The van der Waals surface area contributed by atoms with Gasteiger partial charge in [-0.25, -0.2) is 4.98 Å². The van der Waals surface area contributed by atoms with E-state index < -0.39 is 6.04 Å². The molecule has 0 aromatic carbocycles. The zero-order valence-corrected chi connectivity index (χ0v) is 10.00. The van der Waals surface area contributed by atoms with Crippen LogP contribution < -0.4 is 10.6 Å². The van der Waals surface area contributed by atoms with Crippen LogP contribution in [-0.4, -0.2) is 34.3 Å². The molecule has 2 rings (SSSR count). The molecule has 5 nitrogen and oxygen atoms in total. The van der Waals surface area contributed by atoms with Gasteiger partial charge in [-0.1, -0.05) is 6.07 Å². The summed E-state index contributed by atoms with van der Waals surface area (Å²) in [5.74, 6) is 1.58. The molecule has 1 aliphatic heterocycles. The molecule has 1 aliphatic rings. The predicted octanol–water partition coefficient (Wildman–Crippen LogP) is 0.642. The maximum Gasteiger partial charge on any atom is 0.248 e. The number of rotatable bonds is 2. The van der Waals surface area contributed by atoms with Crippen LogP contribution in [0.2, 0.25) is 0 Å². The molecule has 90 valence electrons. The van der Waals surface area contributed by atoms with Crippen LogP contribution in [0.5, 0.6) is 0 Å². The number of pyridine rings is 1. The Morgan fingerprint density at radius 3 is 3.18 bits per heavy atom. The minimum atomic E-state index is -0.475. The molecule has 1 atom stereocenters. The van der Waals surface area contributed by atoms with E-state index in [1.54, 1.807) is 36.2 Å². The molecule has 2 N–H and O–H groups in total. The van der Waals surface area contributed by atoms with E-state index in [2.05, 4.69) is 15.6 Å². The zero-order chi connectivity index (χ0) is 12.1. The number of carbonyl (C=O) groups excluding carboxylic acids is 2. The maximum absolute atomic E-state index is 11.9. The number of anilines is 1. The molecule has 0 saturated carbocycles. The molecule has 6 heteroatoms. The lowest BCUT2D eigenvalue weighted by Gasteiger charge is -2.14. The van der Waals surface area contributed by atoms with E-state index in [4.69, 9.17) is 0 Å². The lowest BCUT2D eigenvalue weighted by molar-refractivity contribution is -0.125. The van der Waals surface area contributed by atoms with Gasteiger partial charge in [0.05, 0.1) is 0 Å². The number of hydrogen-bond acceptors (Lipinski definition) is 4. The van der Waals surface area contributed by atoms with Crippen LogP contribution >= 0.6 is 11.8 Å². The summed E-state index contributed by atoms with van der Waals surface area (Å²) < 4.78 is 0. The molecule has 2 heterocycles. The van der Waals surface area contributed by atoms with Crippen LogP contribution in [0, 0.1) is 0 Å². The van der Waals surface area contributed by atoms with Crippen molar-refractivity contribution >= 4 is 29.4 Å².